The Morgan fingerprint density at radius 3 is 1.93 bits per heavy atom. The zero-order valence-electron chi connectivity index (χ0n) is 25.0. The Morgan fingerprint density at radius 1 is 0.952 bits per heavy atom. The van der Waals surface area contributed by atoms with E-state index in [9.17, 15) is 10.2 Å². The molecular formula is C33H42ClFN2O3SSi. The molecule has 2 aliphatic heterocycles. The number of benzene rings is 3. The van der Waals surface area contributed by atoms with Crippen molar-refractivity contribution in [3.05, 3.63) is 90.7 Å². The van der Waals surface area contributed by atoms with Crippen molar-refractivity contribution >= 4 is 45.8 Å². The standard InChI is InChI=1S/C33H42ClFN2O3SSi/c1-24-20-36(21-25(2)40-24)31-37(34)22-33(23-38,41(31)29-19-13-12-18-28(29)35)30(39)42(32(3,4)5,26-14-8-6-9-15-26)27-16-10-7-11-17-27/h6-19,24-25,30,38-39H,20-23H2,1-5H3/t24-,25+,30?,33?,41?. The summed E-state index contributed by atoms with van der Waals surface area (Å²) in [5.74, 6) is -0.368. The molecule has 2 heterocycles. The molecule has 1 fully saturated rings. The molecule has 1 saturated heterocycles. The minimum absolute atomic E-state index is 0.0527. The fourth-order valence-electron chi connectivity index (χ4n) is 7.15. The molecular weight excluding hydrogens is 587 g/mol. The Balaban J connectivity index is 1.85. The van der Waals surface area contributed by atoms with Gasteiger partial charge in [0.05, 0.1) is 29.3 Å². The van der Waals surface area contributed by atoms with Crippen LogP contribution in [-0.4, -0.2) is 81.6 Å². The van der Waals surface area contributed by atoms with Crippen LogP contribution in [0.1, 0.15) is 34.6 Å². The van der Waals surface area contributed by atoms with Gasteiger partial charge in [0, 0.05) is 24.5 Å². The van der Waals surface area contributed by atoms with Gasteiger partial charge in [-0.25, -0.2) is 4.39 Å². The topological polar surface area (TPSA) is 56.2 Å². The highest BCUT2D eigenvalue weighted by Crippen LogP contribution is 2.55. The van der Waals surface area contributed by atoms with Gasteiger partial charge in [-0.15, -0.1) is 10.5 Å². The molecule has 2 aliphatic rings. The van der Waals surface area contributed by atoms with Crippen LogP contribution >= 0.6 is 22.3 Å². The number of aliphatic hydroxyl groups excluding tert-OH is 2. The van der Waals surface area contributed by atoms with Crippen LogP contribution in [0.25, 0.3) is 0 Å². The maximum absolute atomic E-state index is 15.9. The quantitative estimate of drug-likeness (QED) is 0.233. The Hall–Kier alpha value is -1.88. The van der Waals surface area contributed by atoms with Gasteiger partial charge in [-0.1, -0.05) is 104 Å². The molecule has 9 heteroatoms. The number of aliphatic hydroxyl groups is 2. The minimum Gasteiger partial charge on any atom is -0.395 e. The second kappa shape index (κ2) is 12.2. The monoisotopic (exact) mass is 628 g/mol. The first kappa shape index (κ1) is 31.5. The van der Waals surface area contributed by atoms with Crippen molar-refractivity contribution in [3.8, 4) is 0 Å². The molecule has 0 saturated carbocycles. The van der Waals surface area contributed by atoms with Crippen molar-refractivity contribution in [1.82, 2.24) is 9.32 Å². The van der Waals surface area contributed by atoms with E-state index in [1.165, 1.54) is 6.07 Å². The zero-order chi connectivity index (χ0) is 30.3. The van der Waals surface area contributed by atoms with Gasteiger partial charge < -0.3 is 14.9 Å². The number of ether oxygens (including phenoxy) is 1. The van der Waals surface area contributed by atoms with Gasteiger partial charge in [0.25, 0.3) is 0 Å². The normalized spacial score (nSPS) is 26.9. The van der Waals surface area contributed by atoms with Crippen LogP contribution in [0, 0.1) is 5.82 Å². The molecule has 3 unspecified atom stereocenters. The Morgan fingerprint density at radius 2 is 1.45 bits per heavy atom. The first-order valence-electron chi connectivity index (χ1n) is 14.6. The number of halogens is 2. The lowest BCUT2D eigenvalue weighted by atomic mass is 10.1. The van der Waals surface area contributed by atoms with E-state index in [1.54, 1.807) is 16.6 Å². The van der Waals surface area contributed by atoms with Gasteiger partial charge in [-0.2, -0.15) is 4.42 Å². The second-order valence-corrected chi connectivity index (χ2v) is 20.1. The molecule has 0 bridgehead atoms. The summed E-state index contributed by atoms with van der Waals surface area (Å²) < 4.78 is 22.4. The SMILES string of the molecule is C[C@@H]1CN(C2=S(c3ccccc3F)C(CO)(C(O)[Si](c3ccccc3)(c3ccccc3)C(C)(C)C)CN2Cl)C[C@H](C)O1. The van der Waals surface area contributed by atoms with Crippen molar-refractivity contribution in [2.75, 3.05) is 26.2 Å². The van der Waals surface area contributed by atoms with Crippen LogP contribution in [0.5, 0.6) is 0 Å². The second-order valence-electron chi connectivity index (χ2n) is 12.6. The van der Waals surface area contributed by atoms with Crippen LogP contribution in [0.15, 0.2) is 89.8 Å². The van der Waals surface area contributed by atoms with E-state index in [0.29, 0.717) is 18.0 Å². The van der Waals surface area contributed by atoms with Crippen molar-refractivity contribution < 1.29 is 19.3 Å². The maximum atomic E-state index is 15.9. The zero-order valence-corrected chi connectivity index (χ0v) is 27.6. The largest absolute Gasteiger partial charge is 0.395 e. The molecule has 42 heavy (non-hydrogen) atoms. The predicted molar refractivity (Wildman–Crippen MR) is 175 cm³/mol. The summed E-state index contributed by atoms with van der Waals surface area (Å²) in [6.07, 6.45) is -0.105. The van der Waals surface area contributed by atoms with Crippen molar-refractivity contribution in [2.24, 2.45) is 0 Å². The average molecular weight is 629 g/mol. The summed E-state index contributed by atoms with van der Waals surface area (Å²) in [4.78, 5) is 2.63. The fourth-order valence-corrected chi connectivity index (χ4v) is 17.3. The summed E-state index contributed by atoms with van der Waals surface area (Å²) in [6, 6.07) is 27.1. The molecule has 5 rings (SSSR count). The highest BCUT2D eigenvalue weighted by Gasteiger charge is 2.63. The number of nitrogens with zero attached hydrogens (tertiary/aromatic N) is 2. The summed E-state index contributed by atoms with van der Waals surface area (Å²) in [5, 5.41) is 27.3. The highest BCUT2D eigenvalue weighted by atomic mass is 35.5. The van der Waals surface area contributed by atoms with Gasteiger partial charge >= 0.3 is 0 Å². The van der Waals surface area contributed by atoms with E-state index in [-0.39, 0.29) is 31.2 Å². The van der Waals surface area contributed by atoms with E-state index in [2.05, 4.69) is 49.9 Å². The highest BCUT2D eigenvalue weighted by molar-refractivity contribution is 8.17. The van der Waals surface area contributed by atoms with Gasteiger partial charge in [-0.05, 0) is 42.8 Å². The molecule has 2 N–H and O–H groups in total. The van der Waals surface area contributed by atoms with Gasteiger partial charge in [0.2, 0.25) is 0 Å². The first-order valence-corrected chi connectivity index (χ1v) is 18.2. The molecule has 0 radical (unpaired) electrons. The smallest absolute Gasteiger partial charge is 0.155 e. The lowest BCUT2D eigenvalue weighted by molar-refractivity contribution is -0.0491. The molecule has 5 nitrogen and oxygen atoms in total. The number of hydrogen-bond donors (Lipinski definition) is 2. The molecule has 0 amide bonds. The van der Waals surface area contributed by atoms with E-state index in [0.717, 1.165) is 15.5 Å². The predicted octanol–water partition coefficient (Wildman–Crippen LogP) is 4.81. The van der Waals surface area contributed by atoms with E-state index < -0.39 is 34.1 Å². The lowest BCUT2D eigenvalue weighted by Crippen LogP contribution is -2.77. The Kier molecular flexibility index (Phi) is 9.20. The molecule has 226 valence electrons. The summed E-state index contributed by atoms with van der Waals surface area (Å²) in [6.45, 7) is 11.6. The van der Waals surface area contributed by atoms with Crippen LogP contribution in [-0.2, 0) is 4.74 Å². The van der Waals surface area contributed by atoms with Crippen molar-refractivity contribution in [1.29, 1.82) is 0 Å². The Bertz CT molecular complexity index is 1370. The van der Waals surface area contributed by atoms with Gasteiger partial charge in [-0.3, -0.25) is 4.90 Å². The number of morpholine rings is 1. The summed E-state index contributed by atoms with van der Waals surface area (Å²) in [5.41, 5.74) is -1.03. The van der Waals surface area contributed by atoms with Crippen LogP contribution in [0.3, 0.4) is 0 Å². The van der Waals surface area contributed by atoms with Crippen LogP contribution in [0.2, 0.25) is 5.04 Å². The van der Waals surface area contributed by atoms with E-state index in [1.807, 2.05) is 56.3 Å². The third kappa shape index (κ3) is 5.24. The number of rotatable bonds is 6. The van der Waals surface area contributed by atoms with E-state index >= 15 is 4.39 Å². The third-order valence-electron chi connectivity index (χ3n) is 8.77. The number of hydrogen-bond acceptors (Lipinski definition) is 5. The van der Waals surface area contributed by atoms with Crippen molar-refractivity contribution in [2.45, 2.75) is 67.2 Å². The van der Waals surface area contributed by atoms with Crippen LogP contribution in [0.4, 0.5) is 4.39 Å². The molecule has 3 aromatic rings. The minimum atomic E-state index is -3.20. The maximum Gasteiger partial charge on any atom is 0.155 e. The summed E-state index contributed by atoms with van der Waals surface area (Å²) >= 11 is 7.16. The van der Waals surface area contributed by atoms with Gasteiger partial charge in [0.1, 0.15) is 10.9 Å². The first-order chi connectivity index (χ1) is 20.0. The molecule has 0 spiro atoms. The Labute approximate surface area is 257 Å². The average Bonchev–Trinajstić information content (AvgIpc) is 3.26. The molecule has 5 atom stereocenters. The third-order valence-corrected chi connectivity index (χ3v) is 18.5. The van der Waals surface area contributed by atoms with E-state index in [4.69, 9.17) is 16.5 Å². The molecule has 3 aromatic carbocycles. The summed E-state index contributed by atoms with van der Waals surface area (Å²) in [7, 11) is -4.31. The van der Waals surface area contributed by atoms with Gasteiger partial charge in [0.15, 0.2) is 8.07 Å². The van der Waals surface area contributed by atoms with Crippen LogP contribution < -0.4 is 10.4 Å². The fraction of sp³-hybridized carbons (Fsp3) is 0.424. The molecule has 0 aromatic heterocycles. The van der Waals surface area contributed by atoms with Crippen molar-refractivity contribution in [3.63, 3.8) is 0 Å². The lowest BCUT2D eigenvalue weighted by Gasteiger charge is -2.53. The molecule has 0 aliphatic carbocycles.